The van der Waals surface area contributed by atoms with Crippen molar-refractivity contribution in [2.24, 2.45) is 11.8 Å². The second kappa shape index (κ2) is 12.0. The van der Waals surface area contributed by atoms with Crippen LogP contribution in [0.25, 0.3) is 0 Å². The van der Waals surface area contributed by atoms with Crippen molar-refractivity contribution in [2.45, 2.75) is 38.1 Å². The van der Waals surface area contributed by atoms with Gasteiger partial charge in [0.05, 0.1) is 29.8 Å². The molecule has 9 heteroatoms. The van der Waals surface area contributed by atoms with Crippen LogP contribution in [0.3, 0.4) is 0 Å². The van der Waals surface area contributed by atoms with Crippen LogP contribution in [0.5, 0.6) is 5.75 Å². The Kier molecular flexibility index (Phi) is 9.12. The number of aliphatic hydroxyl groups excluding tert-OH is 1. The van der Waals surface area contributed by atoms with Crippen molar-refractivity contribution in [3.63, 3.8) is 0 Å². The zero-order valence-electron chi connectivity index (χ0n) is 19.0. The number of anilines is 1. The molecule has 1 unspecified atom stereocenters. The average molecular weight is 493 g/mol. The van der Waals surface area contributed by atoms with Gasteiger partial charge in [0.25, 0.3) is 5.91 Å². The quantitative estimate of drug-likeness (QED) is 0.384. The standard InChI is InChI=1S/C25H30ClFN2O5/c1-34-23-9-7-18(27)13-19(23)21(10-11-30)29-22-8-6-17(12-20(22)26)24(31)28-14-15-2-4-16(5-3-15)25(32)33/h6-9,12-13,15-16,21,29-30H,2-5,10-11,14H2,1H3,(H,28,31)(H,32,33)/t15-,16-,21?. The molecule has 2 aromatic rings. The first kappa shape index (κ1) is 25.8. The number of ether oxygens (including phenoxy) is 1. The van der Waals surface area contributed by atoms with Crippen LogP contribution < -0.4 is 15.4 Å². The molecule has 34 heavy (non-hydrogen) atoms. The molecule has 0 aromatic heterocycles. The molecule has 0 radical (unpaired) electrons. The second-order valence-electron chi connectivity index (χ2n) is 8.56. The number of rotatable bonds is 10. The van der Waals surface area contributed by atoms with Crippen molar-refractivity contribution in [3.8, 4) is 5.75 Å². The van der Waals surface area contributed by atoms with E-state index in [9.17, 15) is 19.1 Å². The maximum atomic E-state index is 13.9. The fourth-order valence-corrected chi connectivity index (χ4v) is 4.56. The molecule has 0 spiro atoms. The zero-order chi connectivity index (χ0) is 24.7. The van der Waals surface area contributed by atoms with E-state index in [0.29, 0.717) is 53.4 Å². The van der Waals surface area contributed by atoms with E-state index >= 15 is 0 Å². The van der Waals surface area contributed by atoms with E-state index in [4.69, 9.17) is 21.4 Å². The van der Waals surface area contributed by atoms with Crippen molar-refractivity contribution in [1.29, 1.82) is 0 Å². The maximum Gasteiger partial charge on any atom is 0.306 e. The van der Waals surface area contributed by atoms with E-state index in [-0.39, 0.29) is 24.3 Å². The van der Waals surface area contributed by atoms with Gasteiger partial charge >= 0.3 is 5.97 Å². The van der Waals surface area contributed by atoms with Crippen molar-refractivity contribution < 1.29 is 28.9 Å². The largest absolute Gasteiger partial charge is 0.496 e. The van der Waals surface area contributed by atoms with Gasteiger partial charge in [0.1, 0.15) is 11.6 Å². The smallest absolute Gasteiger partial charge is 0.306 e. The van der Waals surface area contributed by atoms with Crippen molar-refractivity contribution in [2.75, 3.05) is 25.6 Å². The first-order valence-electron chi connectivity index (χ1n) is 11.3. The Morgan fingerprint density at radius 1 is 1.18 bits per heavy atom. The first-order valence-corrected chi connectivity index (χ1v) is 11.7. The number of amides is 1. The molecule has 1 saturated carbocycles. The number of aliphatic carboxylic acids is 1. The summed E-state index contributed by atoms with van der Waals surface area (Å²) in [6, 6.07) is 8.59. The van der Waals surface area contributed by atoms with Crippen LogP contribution in [0.15, 0.2) is 36.4 Å². The third-order valence-electron chi connectivity index (χ3n) is 6.29. The Labute approximate surface area is 203 Å². The lowest BCUT2D eigenvalue weighted by molar-refractivity contribution is -0.143. The monoisotopic (exact) mass is 492 g/mol. The number of carbonyl (C=O) groups excluding carboxylic acids is 1. The first-order chi connectivity index (χ1) is 16.3. The zero-order valence-corrected chi connectivity index (χ0v) is 19.8. The molecule has 0 aliphatic heterocycles. The van der Waals surface area contributed by atoms with Crippen LogP contribution in [-0.2, 0) is 4.79 Å². The van der Waals surface area contributed by atoms with Crippen LogP contribution in [0.4, 0.5) is 10.1 Å². The third-order valence-corrected chi connectivity index (χ3v) is 6.61. The minimum absolute atomic E-state index is 0.135. The molecule has 0 heterocycles. The van der Waals surface area contributed by atoms with Gasteiger partial charge in [-0.2, -0.15) is 0 Å². The highest BCUT2D eigenvalue weighted by molar-refractivity contribution is 6.33. The SMILES string of the molecule is COc1ccc(F)cc1C(CCO)Nc1ccc(C(=O)NC[C@H]2CC[C@H](C(=O)O)CC2)cc1Cl. The van der Waals surface area contributed by atoms with Gasteiger partial charge < -0.3 is 25.6 Å². The molecule has 3 rings (SSSR count). The van der Waals surface area contributed by atoms with Crippen LogP contribution in [-0.4, -0.2) is 42.4 Å². The van der Waals surface area contributed by atoms with Crippen molar-refractivity contribution >= 4 is 29.2 Å². The van der Waals surface area contributed by atoms with Gasteiger partial charge in [-0.3, -0.25) is 9.59 Å². The number of benzene rings is 2. The van der Waals surface area contributed by atoms with Crippen LogP contribution in [0, 0.1) is 17.7 Å². The number of halogens is 2. The van der Waals surface area contributed by atoms with Gasteiger partial charge in [0, 0.05) is 24.3 Å². The normalized spacial score (nSPS) is 18.7. The Morgan fingerprint density at radius 3 is 2.53 bits per heavy atom. The Balaban J connectivity index is 1.64. The van der Waals surface area contributed by atoms with Gasteiger partial charge in [-0.25, -0.2) is 4.39 Å². The molecule has 1 aliphatic carbocycles. The third kappa shape index (κ3) is 6.61. The summed E-state index contributed by atoms with van der Waals surface area (Å²) in [6.07, 6.45) is 3.11. The molecule has 184 valence electrons. The minimum Gasteiger partial charge on any atom is -0.496 e. The number of aliphatic hydroxyl groups is 1. The van der Waals surface area contributed by atoms with Gasteiger partial charge in [-0.15, -0.1) is 0 Å². The summed E-state index contributed by atoms with van der Waals surface area (Å²) in [5.41, 5.74) is 1.49. The number of carboxylic acid groups (broad SMARTS) is 1. The van der Waals surface area contributed by atoms with Crippen molar-refractivity contribution in [3.05, 3.63) is 58.4 Å². The molecular formula is C25H30ClFN2O5. The lowest BCUT2D eigenvalue weighted by Gasteiger charge is -2.26. The van der Waals surface area contributed by atoms with E-state index in [1.54, 1.807) is 18.2 Å². The highest BCUT2D eigenvalue weighted by atomic mass is 35.5. The van der Waals surface area contributed by atoms with E-state index in [1.165, 1.54) is 25.3 Å². The van der Waals surface area contributed by atoms with E-state index in [2.05, 4.69) is 10.6 Å². The fraction of sp³-hybridized carbons (Fsp3) is 0.440. The highest BCUT2D eigenvalue weighted by Crippen LogP contribution is 2.34. The summed E-state index contributed by atoms with van der Waals surface area (Å²) < 4.78 is 19.2. The highest BCUT2D eigenvalue weighted by Gasteiger charge is 2.26. The predicted molar refractivity (Wildman–Crippen MR) is 128 cm³/mol. The lowest BCUT2D eigenvalue weighted by atomic mass is 9.82. The van der Waals surface area contributed by atoms with Crippen LogP contribution in [0.2, 0.25) is 5.02 Å². The second-order valence-corrected chi connectivity index (χ2v) is 8.96. The number of hydrogen-bond acceptors (Lipinski definition) is 5. The number of carbonyl (C=O) groups is 2. The van der Waals surface area contributed by atoms with Gasteiger partial charge in [0.15, 0.2) is 0 Å². The number of methoxy groups -OCH3 is 1. The summed E-state index contributed by atoms with van der Waals surface area (Å²) in [4.78, 5) is 23.7. The van der Waals surface area contributed by atoms with E-state index < -0.39 is 17.8 Å². The Bertz CT molecular complexity index is 1010. The molecule has 1 fully saturated rings. The number of carboxylic acids is 1. The van der Waals surface area contributed by atoms with Crippen LogP contribution in [0.1, 0.15) is 54.1 Å². The number of nitrogens with one attached hydrogen (secondary N) is 2. The van der Waals surface area contributed by atoms with E-state index in [1.807, 2.05) is 0 Å². The predicted octanol–water partition coefficient (Wildman–Crippen LogP) is 4.64. The molecule has 4 N–H and O–H groups in total. The van der Waals surface area contributed by atoms with Crippen molar-refractivity contribution in [1.82, 2.24) is 5.32 Å². The molecule has 0 bridgehead atoms. The molecule has 1 atom stereocenters. The molecular weight excluding hydrogens is 463 g/mol. The average Bonchev–Trinajstić information content (AvgIpc) is 2.83. The fourth-order valence-electron chi connectivity index (χ4n) is 4.33. The minimum atomic E-state index is -0.747. The van der Waals surface area contributed by atoms with E-state index in [0.717, 1.165) is 12.8 Å². The summed E-state index contributed by atoms with van der Waals surface area (Å²) in [5.74, 6) is -0.966. The molecule has 7 nitrogen and oxygen atoms in total. The summed E-state index contributed by atoms with van der Waals surface area (Å²) in [7, 11) is 1.49. The molecule has 1 aliphatic rings. The molecule has 1 amide bonds. The molecule has 2 aromatic carbocycles. The van der Waals surface area contributed by atoms with Gasteiger partial charge in [-0.1, -0.05) is 11.6 Å². The maximum absolute atomic E-state index is 13.9. The lowest BCUT2D eigenvalue weighted by Crippen LogP contribution is -2.32. The van der Waals surface area contributed by atoms with Gasteiger partial charge in [0.2, 0.25) is 0 Å². The van der Waals surface area contributed by atoms with Crippen LogP contribution >= 0.6 is 11.6 Å². The summed E-state index contributed by atoms with van der Waals surface area (Å²) in [6.45, 7) is 0.352. The van der Waals surface area contributed by atoms with Gasteiger partial charge in [-0.05, 0) is 74.4 Å². The molecule has 0 saturated heterocycles. The Hall–Kier alpha value is -2.84. The topological polar surface area (TPSA) is 108 Å². The summed E-state index contributed by atoms with van der Waals surface area (Å²) in [5, 5.41) is 25.1. The Morgan fingerprint density at radius 2 is 1.91 bits per heavy atom. The number of hydrogen-bond donors (Lipinski definition) is 4. The summed E-state index contributed by atoms with van der Waals surface area (Å²) >= 11 is 6.44.